The number of hydrogen-bond acceptors (Lipinski definition) is 3. The van der Waals surface area contributed by atoms with Gasteiger partial charge >= 0.3 is 0 Å². The molecule has 0 aliphatic heterocycles. The Kier molecular flexibility index (Phi) is 2.30. The second kappa shape index (κ2) is 3.40. The van der Waals surface area contributed by atoms with Crippen LogP contribution in [-0.4, -0.2) is 14.5 Å². The number of fused-ring (bicyclic) bond motifs is 1. The van der Waals surface area contributed by atoms with E-state index in [0.717, 1.165) is 22.6 Å². The minimum absolute atomic E-state index is 0.0128. The average molecular weight is 217 g/mol. The molecule has 2 aromatic heterocycles. The maximum Gasteiger partial charge on any atom is 0.212 e. The van der Waals surface area contributed by atoms with Crippen LogP contribution in [0.3, 0.4) is 0 Å². The highest BCUT2D eigenvalue weighted by Gasteiger charge is 2.12. The molecule has 0 spiro atoms. The van der Waals surface area contributed by atoms with Crippen molar-refractivity contribution in [2.75, 3.05) is 0 Å². The zero-order valence-corrected chi connectivity index (χ0v) is 10.2. The molecule has 2 heterocycles. The van der Waals surface area contributed by atoms with Crippen LogP contribution in [-0.2, 0) is 7.05 Å². The van der Waals surface area contributed by atoms with E-state index in [0.29, 0.717) is 11.2 Å². The molecule has 4 heteroatoms. The van der Waals surface area contributed by atoms with Gasteiger partial charge in [-0.1, -0.05) is 0 Å². The number of aryl methyl sites for hydroxylation is 3. The van der Waals surface area contributed by atoms with Crippen LogP contribution < -0.4 is 5.43 Å². The molecule has 0 amide bonds. The summed E-state index contributed by atoms with van der Waals surface area (Å²) < 4.78 is 1.92. The fraction of sp³-hybridized carbons (Fsp3) is 0.417. The van der Waals surface area contributed by atoms with Gasteiger partial charge in [0.05, 0.1) is 11.4 Å². The predicted molar refractivity (Wildman–Crippen MR) is 63.7 cm³/mol. The zero-order valence-electron chi connectivity index (χ0n) is 10.2. The van der Waals surface area contributed by atoms with Gasteiger partial charge in [0.2, 0.25) is 5.43 Å². The molecular formula is C12H15N3O. The first-order valence-corrected chi connectivity index (χ1v) is 5.24. The van der Waals surface area contributed by atoms with E-state index in [1.54, 1.807) is 0 Å². The molecule has 2 rings (SSSR count). The van der Waals surface area contributed by atoms with E-state index in [1.807, 2.05) is 39.3 Å². The lowest BCUT2D eigenvalue weighted by Crippen LogP contribution is -2.17. The molecule has 0 aromatic carbocycles. The lowest BCUT2D eigenvalue weighted by Gasteiger charge is -2.11. The van der Waals surface area contributed by atoms with Gasteiger partial charge in [-0.05, 0) is 27.7 Å². The second-order valence-corrected chi connectivity index (χ2v) is 4.17. The highest BCUT2D eigenvalue weighted by atomic mass is 16.1. The van der Waals surface area contributed by atoms with Crippen molar-refractivity contribution >= 4 is 11.2 Å². The largest absolute Gasteiger partial charge is 0.331 e. The number of aromatic nitrogens is 3. The fourth-order valence-corrected chi connectivity index (χ4v) is 1.73. The molecule has 0 saturated heterocycles. The van der Waals surface area contributed by atoms with E-state index in [-0.39, 0.29) is 5.43 Å². The summed E-state index contributed by atoms with van der Waals surface area (Å²) in [5, 5.41) is 0. The van der Waals surface area contributed by atoms with Gasteiger partial charge < -0.3 is 4.57 Å². The first-order valence-electron chi connectivity index (χ1n) is 5.24. The van der Waals surface area contributed by atoms with Crippen molar-refractivity contribution in [1.29, 1.82) is 0 Å². The molecule has 0 saturated carbocycles. The highest BCUT2D eigenvalue weighted by Crippen LogP contribution is 2.12. The smallest absolute Gasteiger partial charge is 0.212 e. The minimum atomic E-state index is -0.0128. The standard InChI is InChI=1S/C12H15N3O/c1-6-9(4)15(5)12-10(11(6)16)13-7(2)8(3)14-12/h1-5H3. The van der Waals surface area contributed by atoms with Gasteiger partial charge in [0.25, 0.3) is 0 Å². The molecule has 0 N–H and O–H groups in total. The Morgan fingerprint density at radius 3 is 2.19 bits per heavy atom. The quantitative estimate of drug-likeness (QED) is 0.673. The van der Waals surface area contributed by atoms with Gasteiger partial charge in [0, 0.05) is 18.3 Å². The van der Waals surface area contributed by atoms with Crippen LogP contribution in [0.4, 0.5) is 0 Å². The third-order valence-electron chi connectivity index (χ3n) is 3.21. The Hall–Kier alpha value is -1.71. The van der Waals surface area contributed by atoms with Crippen molar-refractivity contribution in [3.05, 3.63) is 32.9 Å². The molecule has 0 bridgehead atoms. The van der Waals surface area contributed by atoms with Gasteiger partial charge in [-0.2, -0.15) is 0 Å². The van der Waals surface area contributed by atoms with Gasteiger partial charge in [0.15, 0.2) is 11.2 Å². The van der Waals surface area contributed by atoms with Gasteiger partial charge in [-0.15, -0.1) is 0 Å². The Labute approximate surface area is 94.0 Å². The second-order valence-electron chi connectivity index (χ2n) is 4.17. The highest BCUT2D eigenvalue weighted by molar-refractivity contribution is 5.72. The van der Waals surface area contributed by atoms with Crippen LogP contribution in [0.2, 0.25) is 0 Å². The molecule has 16 heavy (non-hydrogen) atoms. The average Bonchev–Trinajstić information content (AvgIpc) is 2.26. The fourth-order valence-electron chi connectivity index (χ4n) is 1.73. The van der Waals surface area contributed by atoms with E-state index in [9.17, 15) is 4.79 Å². The summed E-state index contributed by atoms with van der Waals surface area (Å²) in [5.74, 6) is 0. The molecule has 0 aliphatic carbocycles. The summed E-state index contributed by atoms with van der Waals surface area (Å²) in [4.78, 5) is 20.8. The summed E-state index contributed by atoms with van der Waals surface area (Å²) in [6, 6.07) is 0. The lowest BCUT2D eigenvalue weighted by atomic mass is 10.2. The first-order chi connectivity index (χ1) is 7.43. The SMILES string of the molecule is Cc1nc2c(=O)c(C)c(C)n(C)c2nc1C. The van der Waals surface area contributed by atoms with Crippen molar-refractivity contribution in [2.45, 2.75) is 27.7 Å². The molecule has 0 unspecified atom stereocenters. The van der Waals surface area contributed by atoms with Crippen molar-refractivity contribution in [1.82, 2.24) is 14.5 Å². The first kappa shape index (κ1) is 10.8. The summed E-state index contributed by atoms with van der Waals surface area (Å²) in [6.07, 6.45) is 0. The van der Waals surface area contributed by atoms with Crippen LogP contribution in [0.1, 0.15) is 22.6 Å². The molecule has 0 radical (unpaired) electrons. The lowest BCUT2D eigenvalue weighted by molar-refractivity contribution is 0.855. The normalized spacial score (nSPS) is 11.1. The molecule has 2 aromatic rings. The molecule has 4 nitrogen and oxygen atoms in total. The molecular weight excluding hydrogens is 202 g/mol. The number of hydrogen-bond donors (Lipinski definition) is 0. The van der Waals surface area contributed by atoms with Crippen molar-refractivity contribution in [2.24, 2.45) is 7.05 Å². The number of nitrogens with zero attached hydrogens (tertiary/aromatic N) is 3. The third kappa shape index (κ3) is 1.33. The van der Waals surface area contributed by atoms with Crippen molar-refractivity contribution in [3.63, 3.8) is 0 Å². The summed E-state index contributed by atoms with van der Waals surface area (Å²) in [6.45, 7) is 7.53. The van der Waals surface area contributed by atoms with Crippen LogP contribution >= 0.6 is 0 Å². The number of rotatable bonds is 0. The Balaban J connectivity index is 3.09. The van der Waals surface area contributed by atoms with E-state index in [2.05, 4.69) is 9.97 Å². The maximum atomic E-state index is 12.0. The Bertz CT molecular complexity index is 641. The minimum Gasteiger partial charge on any atom is -0.331 e. The molecule has 0 atom stereocenters. The maximum absolute atomic E-state index is 12.0. The van der Waals surface area contributed by atoms with Crippen LogP contribution in [0.15, 0.2) is 4.79 Å². The summed E-state index contributed by atoms with van der Waals surface area (Å²) >= 11 is 0. The van der Waals surface area contributed by atoms with Crippen LogP contribution in [0.5, 0.6) is 0 Å². The molecule has 84 valence electrons. The molecule has 0 aliphatic rings. The molecule has 0 fully saturated rings. The van der Waals surface area contributed by atoms with Gasteiger partial charge in [0.1, 0.15) is 0 Å². The van der Waals surface area contributed by atoms with Crippen LogP contribution in [0.25, 0.3) is 11.2 Å². The van der Waals surface area contributed by atoms with Crippen molar-refractivity contribution < 1.29 is 0 Å². The summed E-state index contributed by atoms with van der Waals surface area (Å²) in [5.41, 5.74) is 4.48. The summed E-state index contributed by atoms with van der Waals surface area (Å²) in [7, 11) is 1.91. The van der Waals surface area contributed by atoms with Gasteiger partial charge in [-0.3, -0.25) is 4.79 Å². The Morgan fingerprint density at radius 1 is 1.00 bits per heavy atom. The monoisotopic (exact) mass is 217 g/mol. The third-order valence-corrected chi connectivity index (χ3v) is 3.21. The Morgan fingerprint density at radius 2 is 1.56 bits per heavy atom. The van der Waals surface area contributed by atoms with Crippen LogP contribution in [0, 0.1) is 27.7 Å². The zero-order chi connectivity index (χ0) is 12.0. The topological polar surface area (TPSA) is 47.8 Å². The van der Waals surface area contributed by atoms with E-state index in [1.165, 1.54) is 0 Å². The van der Waals surface area contributed by atoms with E-state index < -0.39 is 0 Å². The van der Waals surface area contributed by atoms with E-state index in [4.69, 9.17) is 0 Å². The number of pyridine rings is 1. The van der Waals surface area contributed by atoms with Crippen molar-refractivity contribution in [3.8, 4) is 0 Å². The van der Waals surface area contributed by atoms with E-state index >= 15 is 0 Å². The predicted octanol–water partition coefficient (Wildman–Crippen LogP) is 1.56. The van der Waals surface area contributed by atoms with Gasteiger partial charge in [-0.25, -0.2) is 9.97 Å².